The molecule has 0 spiro atoms. The number of thiol groups is 2. The number of aromatic nitrogens is 2. The summed E-state index contributed by atoms with van der Waals surface area (Å²) in [5.74, 6) is 1.96. The average molecular weight is 299 g/mol. The van der Waals surface area contributed by atoms with Crippen molar-refractivity contribution in [2.75, 3.05) is 11.5 Å². The van der Waals surface area contributed by atoms with E-state index in [4.69, 9.17) is 0 Å². The van der Waals surface area contributed by atoms with E-state index in [2.05, 4.69) is 49.3 Å². The van der Waals surface area contributed by atoms with Crippen LogP contribution in [0.1, 0.15) is 13.8 Å². The second-order valence-electron chi connectivity index (χ2n) is 3.15. The quantitative estimate of drug-likeness (QED) is 0.622. The molecule has 0 fully saturated rings. The fourth-order valence-electron chi connectivity index (χ4n) is 0.698. The van der Waals surface area contributed by atoms with Crippen molar-refractivity contribution in [2.24, 2.45) is 0 Å². The molecule has 1 aromatic rings. The van der Waals surface area contributed by atoms with E-state index < -0.39 is 0 Å². The maximum absolute atomic E-state index is 4.32. The normalized spacial score (nSPS) is 15.2. The van der Waals surface area contributed by atoms with Crippen LogP contribution in [0.4, 0.5) is 0 Å². The van der Waals surface area contributed by atoms with E-state index >= 15 is 0 Å². The molecule has 2 unspecified atom stereocenters. The predicted octanol–water partition coefficient (Wildman–Crippen LogP) is 3.36. The van der Waals surface area contributed by atoms with Gasteiger partial charge in [-0.3, -0.25) is 0 Å². The van der Waals surface area contributed by atoms with Crippen LogP contribution in [0.15, 0.2) is 8.68 Å². The van der Waals surface area contributed by atoms with Gasteiger partial charge in [0.05, 0.1) is 0 Å². The summed E-state index contributed by atoms with van der Waals surface area (Å²) in [5.41, 5.74) is 0. The van der Waals surface area contributed by atoms with Crippen molar-refractivity contribution < 1.29 is 0 Å². The Labute approximate surface area is 114 Å². The fraction of sp³-hybridized carbons (Fsp3) is 0.750. The van der Waals surface area contributed by atoms with Gasteiger partial charge in [-0.2, -0.15) is 25.3 Å². The lowest BCUT2D eigenvalue weighted by atomic mass is 10.6. The number of rotatable bonds is 6. The van der Waals surface area contributed by atoms with Crippen LogP contribution < -0.4 is 0 Å². The maximum Gasteiger partial charge on any atom is 0.175 e. The van der Waals surface area contributed by atoms with Crippen LogP contribution in [-0.4, -0.2) is 32.2 Å². The zero-order valence-corrected chi connectivity index (χ0v) is 12.8. The molecule has 0 saturated carbocycles. The van der Waals surface area contributed by atoms with Crippen LogP contribution in [0.3, 0.4) is 0 Å². The molecule has 2 atom stereocenters. The molecule has 0 radical (unpaired) electrons. The van der Waals surface area contributed by atoms with Gasteiger partial charge < -0.3 is 0 Å². The third kappa shape index (κ3) is 6.31. The molecule has 1 rings (SSSR count). The molecule has 0 aliphatic rings. The van der Waals surface area contributed by atoms with Crippen LogP contribution in [-0.2, 0) is 0 Å². The summed E-state index contributed by atoms with van der Waals surface area (Å²) >= 11 is 13.7. The molecule has 2 nitrogen and oxygen atoms in total. The number of thioether (sulfide) groups is 2. The third-order valence-electron chi connectivity index (χ3n) is 1.28. The van der Waals surface area contributed by atoms with Gasteiger partial charge in [0, 0.05) is 22.0 Å². The second kappa shape index (κ2) is 7.32. The van der Waals surface area contributed by atoms with Gasteiger partial charge in [-0.1, -0.05) is 48.7 Å². The SMILES string of the molecule is CC(S)CSc1nnc(SCC(C)S)s1. The van der Waals surface area contributed by atoms with E-state index in [1.807, 2.05) is 0 Å². The van der Waals surface area contributed by atoms with Gasteiger partial charge in [0.15, 0.2) is 8.68 Å². The van der Waals surface area contributed by atoms with Crippen molar-refractivity contribution in [1.82, 2.24) is 10.2 Å². The van der Waals surface area contributed by atoms with Crippen LogP contribution in [0.5, 0.6) is 0 Å². The summed E-state index contributed by atoms with van der Waals surface area (Å²) in [7, 11) is 0. The highest BCUT2D eigenvalue weighted by molar-refractivity contribution is 8.03. The van der Waals surface area contributed by atoms with Gasteiger partial charge in [0.25, 0.3) is 0 Å². The Morgan fingerprint density at radius 2 is 1.47 bits per heavy atom. The van der Waals surface area contributed by atoms with Crippen LogP contribution in [0.25, 0.3) is 0 Å². The van der Waals surface area contributed by atoms with Crippen molar-refractivity contribution in [1.29, 1.82) is 0 Å². The lowest BCUT2D eigenvalue weighted by molar-refractivity contribution is 0.952. The van der Waals surface area contributed by atoms with Crippen LogP contribution >= 0.6 is 60.1 Å². The molecule has 86 valence electrons. The van der Waals surface area contributed by atoms with Gasteiger partial charge in [-0.05, 0) is 0 Å². The molecule has 0 aliphatic carbocycles. The van der Waals surface area contributed by atoms with Gasteiger partial charge in [0.2, 0.25) is 0 Å². The third-order valence-corrected chi connectivity index (χ3v) is 5.85. The highest BCUT2D eigenvalue weighted by atomic mass is 32.2. The van der Waals surface area contributed by atoms with Gasteiger partial charge in [-0.15, -0.1) is 10.2 Å². The van der Waals surface area contributed by atoms with Gasteiger partial charge in [-0.25, -0.2) is 0 Å². The summed E-state index contributed by atoms with van der Waals surface area (Å²) in [6, 6.07) is 0. The van der Waals surface area contributed by atoms with E-state index in [0.29, 0.717) is 10.5 Å². The van der Waals surface area contributed by atoms with E-state index in [1.165, 1.54) is 0 Å². The van der Waals surface area contributed by atoms with Crippen LogP contribution in [0, 0.1) is 0 Å². The standard InChI is InChI=1S/C8H14N2S5/c1-5(11)3-13-7-9-10-8(15-7)14-4-6(2)12/h5-6,11-12H,3-4H2,1-2H3. The lowest BCUT2D eigenvalue weighted by Gasteiger charge is -1.99. The van der Waals surface area contributed by atoms with Crippen molar-refractivity contribution in [3.8, 4) is 0 Å². The first-order valence-electron chi connectivity index (χ1n) is 4.53. The monoisotopic (exact) mass is 298 g/mol. The molecule has 1 aromatic heterocycles. The molecule has 7 heteroatoms. The highest BCUT2D eigenvalue weighted by Gasteiger charge is 2.07. The molecule has 0 saturated heterocycles. The Kier molecular flexibility index (Phi) is 6.84. The van der Waals surface area contributed by atoms with Gasteiger partial charge >= 0.3 is 0 Å². The molecule has 0 aliphatic heterocycles. The molecule has 0 N–H and O–H groups in total. The predicted molar refractivity (Wildman–Crippen MR) is 78.3 cm³/mol. The topological polar surface area (TPSA) is 25.8 Å². The Bertz CT molecular complexity index is 260. The molecule has 0 amide bonds. The first-order valence-corrected chi connectivity index (χ1v) is 8.35. The molecule has 1 heterocycles. The van der Waals surface area contributed by atoms with E-state index in [1.54, 1.807) is 34.9 Å². The molecule has 15 heavy (non-hydrogen) atoms. The summed E-state index contributed by atoms with van der Waals surface area (Å²) in [4.78, 5) is 0. The van der Waals surface area contributed by atoms with Gasteiger partial charge in [0.1, 0.15) is 0 Å². The number of hydrogen-bond donors (Lipinski definition) is 2. The molecule has 0 bridgehead atoms. The summed E-state index contributed by atoms with van der Waals surface area (Å²) < 4.78 is 2.07. The van der Waals surface area contributed by atoms with Crippen LogP contribution in [0.2, 0.25) is 0 Å². The molecule has 0 aromatic carbocycles. The van der Waals surface area contributed by atoms with E-state index in [0.717, 1.165) is 20.2 Å². The average Bonchev–Trinajstić information content (AvgIpc) is 2.59. The fourth-order valence-corrected chi connectivity index (χ4v) is 3.93. The zero-order chi connectivity index (χ0) is 11.3. The van der Waals surface area contributed by atoms with Crippen molar-refractivity contribution in [3.63, 3.8) is 0 Å². The largest absolute Gasteiger partial charge is 0.175 e. The maximum atomic E-state index is 4.32. The smallest absolute Gasteiger partial charge is 0.175 e. The number of nitrogens with zero attached hydrogens (tertiary/aromatic N) is 2. The number of hydrogen-bond acceptors (Lipinski definition) is 7. The molecular weight excluding hydrogens is 284 g/mol. The Morgan fingerprint density at radius 3 is 1.80 bits per heavy atom. The van der Waals surface area contributed by atoms with E-state index in [9.17, 15) is 0 Å². The van der Waals surface area contributed by atoms with Crippen molar-refractivity contribution >= 4 is 60.1 Å². The molecular formula is C8H14N2S5. The Morgan fingerprint density at radius 1 is 1.07 bits per heavy atom. The first kappa shape index (κ1) is 14.0. The Hall–Kier alpha value is 0.960. The minimum Gasteiger partial charge on any atom is -0.175 e. The first-order chi connectivity index (χ1) is 7.08. The second-order valence-corrected chi connectivity index (χ2v) is 8.43. The summed E-state index contributed by atoms with van der Waals surface area (Å²) in [5, 5.41) is 9.03. The minimum atomic E-state index is 0.396. The minimum absolute atomic E-state index is 0.396. The van der Waals surface area contributed by atoms with E-state index in [-0.39, 0.29) is 0 Å². The Balaban J connectivity index is 2.35. The highest BCUT2D eigenvalue weighted by Crippen LogP contribution is 2.30. The zero-order valence-electron chi connectivity index (χ0n) is 8.58. The summed E-state index contributed by atoms with van der Waals surface area (Å²) in [6.45, 7) is 4.16. The van der Waals surface area contributed by atoms with Crippen molar-refractivity contribution in [2.45, 2.75) is 33.0 Å². The van der Waals surface area contributed by atoms with Crippen molar-refractivity contribution in [3.05, 3.63) is 0 Å². The summed E-state index contributed by atoms with van der Waals surface area (Å²) in [6.07, 6.45) is 0. The lowest BCUT2D eigenvalue weighted by Crippen LogP contribution is -1.93.